The molecule has 0 aliphatic carbocycles. The maximum Gasteiger partial charge on any atom is 0.0483 e. The highest BCUT2D eigenvalue weighted by molar-refractivity contribution is 14.1. The van der Waals surface area contributed by atoms with E-state index in [1.165, 1.54) is 3.57 Å². The first kappa shape index (κ1) is 14.6. The first-order valence-corrected chi connectivity index (χ1v) is 8.47. The van der Waals surface area contributed by atoms with Crippen LogP contribution in [-0.4, -0.2) is 0 Å². The van der Waals surface area contributed by atoms with Gasteiger partial charge in [0.25, 0.3) is 0 Å². The molecule has 3 aromatic rings. The summed E-state index contributed by atoms with van der Waals surface area (Å²) in [5, 5.41) is 0. The second-order valence-corrected chi connectivity index (χ2v) is 6.80. The summed E-state index contributed by atoms with van der Waals surface area (Å²) in [7, 11) is 0. The maximum absolute atomic E-state index is 3.59. The van der Waals surface area contributed by atoms with Crippen LogP contribution in [0.4, 0.5) is 17.1 Å². The summed E-state index contributed by atoms with van der Waals surface area (Å²) >= 11 is 5.94. The van der Waals surface area contributed by atoms with Gasteiger partial charge in [-0.3, -0.25) is 0 Å². The largest absolute Gasteiger partial charge is 0.310 e. The molecule has 21 heavy (non-hydrogen) atoms. The average molecular weight is 450 g/mol. The fourth-order valence-electron chi connectivity index (χ4n) is 2.27. The highest BCUT2D eigenvalue weighted by Crippen LogP contribution is 2.36. The Hall–Kier alpha value is -1.33. The predicted octanol–water partition coefficient (Wildman–Crippen LogP) is 6.52. The van der Waals surface area contributed by atoms with Crippen LogP contribution in [0.2, 0.25) is 0 Å². The Balaban J connectivity index is 2.17. The average Bonchev–Trinajstić information content (AvgIpc) is 2.49. The molecule has 3 rings (SSSR count). The van der Waals surface area contributed by atoms with Crippen LogP contribution in [0, 0.1) is 3.57 Å². The van der Waals surface area contributed by atoms with E-state index in [-0.39, 0.29) is 0 Å². The molecule has 0 atom stereocenters. The summed E-state index contributed by atoms with van der Waals surface area (Å²) < 4.78 is 2.29. The summed E-state index contributed by atoms with van der Waals surface area (Å²) in [6.07, 6.45) is 0. The lowest BCUT2D eigenvalue weighted by Gasteiger charge is -2.25. The highest BCUT2D eigenvalue weighted by Gasteiger charge is 2.12. The monoisotopic (exact) mass is 449 g/mol. The van der Waals surface area contributed by atoms with Crippen molar-refractivity contribution in [2.45, 2.75) is 0 Å². The van der Waals surface area contributed by atoms with E-state index in [0.717, 1.165) is 21.5 Å². The van der Waals surface area contributed by atoms with Gasteiger partial charge in [-0.25, -0.2) is 0 Å². The molecule has 1 nitrogen and oxygen atoms in total. The summed E-state index contributed by atoms with van der Waals surface area (Å²) in [6.45, 7) is 0. The van der Waals surface area contributed by atoms with E-state index in [1.807, 2.05) is 12.1 Å². The SMILES string of the molecule is Brc1cc(I)cc(N(c2ccccc2)c2ccccc2)c1. The molecule has 0 radical (unpaired) electrons. The Kier molecular flexibility index (Phi) is 4.60. The molecule has 0 aromatic heterocycles. The van der Waals surface area contributed by atoms with Crippen molar-refractivity contribution in [2.75, 3.05) is 4.90 Å². The summed E-state index contributed by atoms with van der Waals surface area (Å²) in [5.74, 6) is 0. The first-order chi connectivity index (χ1) is 10.2. The Bertz CT molecular complexity index is 669. The third kappa shape index (κ3) is 3.47. The molecule has 0 bridgehead atoms. The van der Waals surface area contributed by atoms with Gasteiger partial charge in [0.05, 0.1) is 0 Å². The molecule has 0 saturated heterocycles. The second kappa shape index (κ2) is 6.62. The van der Waals surface area contributed by atoms with Crippen LogP contribution >= 0.6 is 38.5 Å². The molecule has 104 valence electrons. The Morgan fingerprint density at radius 2 is 1.19 bits per heavy atom. The van der Waals surface area contributed by atoms with Crippen LogP contribution in [-0.2, 0) is 0 Å². The lowest BCUT2D eigenvalue weighted by molar-refractivity contribution is 1.28. The van der Waals surface area contributed by atoms with Crippen LogP contribution in [0.25, 0.3) is 0 Å². The van der Waals surface area contributed by atoms with E-state index in [4.69, 9.17) is 0 Å². The van der Waals surface area contributed by atoms with Gasteiger partial charge in [-0.1, -0.05) is 52.3 Å². The molecule has 0 fully saturated rings. The number of para-hydroxylation sites is 2. The topological polar surface area (TPSA) is 3.24 Å². The lowest BCUT2D eigenvalue weighted by atomic mass is 10.2. The minimum absolute atomic E-state index is 1.08. The van der Waals surface area contributed by atoms with Crippen LogP contribution in [0.15, 0.2) is 83.3 Å². The molecular formula is C18H13BrIN. The van der Waals surface area contributed by atoms with Crippen molar-refractivity contribution in [3.05, 3.63) is 86.9 Å². The molecule has 0 N–H and O–H groups in total. The number of hydrogen-bond donors (Lipinski definition) is 0. The zero-order valence-electron chi connectivity index (χ0n) is 11.2. The van der Waals surface area contributed by atoms with Crippen LogP contribution in [0.3, 0.4) is 0 Å². The van der Waals surface area contributed by atoms with Crippen molar-refractivity contribution in [3.63, 3.8) is 0 Å². The minimum Gasteiger partial charge on any atom is -0.310 e. The third-order valence-corrected chi connectivity index (χ3v) is 4.21. The smallest absolute Gasteiger partial charge is 0.0483 e. The van der Waals surface area contributed by atoms with Gasteiger partial charge < -0.3 is 4.90 Å². The molecule has 0 aliphatic heterocycles. The molecule has 0 saturated carbocycles. The predicted molar refractivity (Wildman–Crippen MR) is 102 cm³/mol. The number of hydrogen-bond acceptors (Lipinski definition) is 1. The van der Waals surface area contributed by atoms with Crippen molar-refractivity contribution in [1.29, 1.82) is 0 Å². The summed E-state index contributed by atoms with van der Waals surface area (Å²) in [4.78, 5) is 2.26. The van der Waals surface area contributed by atoms with E-state index < -0.39 is 0 Å². The molecular weight excluding hydrogens is 437 g/mol. The van der Waals surface area contributed by atoms with Crippen molar-refractivity contribution in [1.82, 2.24) is 0 Å². The number of nitrogens with zero attached hydrogens (tertiary/aromatic N) is 1. The van der Waals surface area contributed by atoms with Gasteiger partial charge in [0.2, 0.25) is 0 Å². The summed E-state index contributed by atoms with van der Waals surface area (Å²) in [6, 6.07) is 27.3. The molecule has 0 aliphatic rings. The molecule has 3 heteroatoms. The quantitative estimate of drug-likeness (QED) is 0.411. The number of rotatable bonds is 3. The van der Waals surface area contributed by atoms with E-state index in [2.05, 4.69) is 110 Å². The first-order valence-electron chi connectivity index (χ1n) is 6.60. The third-order valence-electron chi connectivity index (χ3n) is 3.13. The zero-order chi connectivity index (χ0) is 14.7. The van der Waals surface area contributed by atoms with E-state index in [9.17, 15) is 0 Å². The second-order valence-electron chi connectivity index (χ2n) is 4.63. The highest BCUT2D eigenvalue weighted by atomic mass is 127. The molecule has 3 aromatic carbocycles. The minimum atomic E-state index is 1.08. The van der Waals surface area contributed by atoms with Gasteiger partial charge in [-0.05, 0) is 65.1 Å². The number of halogens is 2. The van der Waals surface area contributed by atoms with E-state index in [1.54, 1.807) is 0 Å². The van der Waals surface area contributed by atoms with Crippen molar-refractivity contribution in [2.24, 2.45) is 0 Å². The summed E-state index contributed by atoms with van der Waals surface area (Å²) in [5.41, 5.74) is 3.45. The fraction of sp³-hybridized carbons (Fsp3) is 0. The molecule has 0 unspecified atom stereocenters. The van der Waals surface area contributed by atoms with Crippen molar-refractivity contribution < 1.29 is 0 Å². The zero-order valence-corrected chi connectivity index (χ0v) is 15.0. The molecule has 0 amide bonds. The van der Waals surface area contributed by atoms with Gasteiger partial charge in [0.15, 0.2) is 0 Å². The molecule has 0 heterocycles. The Morgan fingerprint density at radius 3 is 1.67 bits per heavy atom. The van der Waals surface area contributed by atoms with Crippen molar-refractivity contribution >= 4 is 55.6 Å². The van der Waals surface area contributed by atoms with Crippen LogP contribution in [0.1, 0.15) is 0 Å². The van der Waals surface area contributed by atoms with Crippen molar-refractivity contribution in [3.8, 4) is 0 Å². The maximum atomic E-state index is 3.59. The van der Waals surface area contributed by atoms with Crippen LogP contribution < -0.4 is 4.90 Å². The van der Waals surface area contributed by atoms with Gasteiger partial charge >= 0.3 is 0 Å². The Labute approximate surface area is 146 Å². The fourth-order valence-corrected chi connectivity index (χ4v) is 3.83. The number of anilines is 3. The van der Waals surface area contributed by atoms with Gasteiger partial charge in [-0.15, -0.1) is 0 Å². The Morgan fingerprint density at radius 1 is 0.667 bits per heavy atom. The van der Waals surface area contributed by atoms with Gasteiger partial charge in [-0.2, -0.15) is 0 Å². The molecule has 0 spiro atoms. The number of benzene rings is 3. The van der Waals surface area contributed by atoms with E-state index >= 15 is 0 Å². The standard InChI is InChI=1S/C18H13BrIN/c19-14-11-15(20)13-18(12-14)21(16-7-3-1-4-8-16)17-9-5-2-6-10-17/h1-13H. The van der Waals surface area contributed by atoms with E-state index in [0.29, 0.717) is 0 Å². The normalized spacial score (nSPS) is 10.4. The van der Waals surface area contributed by atoms with Gasteiger partial charge in [0, 0.05) is 25.1 Å². The lowest BCUT2D eigenvalue weighted by Crippen LogP contribution is -2.09. The van der Waals surface area contributed by atoms with Crippen LogP contribution in [0.5, 0.6) is 0 Å². The van der Waals surface area contributed by atoms with Gasteiger partial charge in [0.1, 0.15) is 0 Å².